The zero-order valence-electron chi connectivity index (χ0n) is 10.5. The van der Waals surface area contributed by atoms with Gasteiger partial charge in [-0.3, -0.25) is 0 Å². The fraction of sp³-hybridized carbons (Fsp3) is 0.643. The largest absolute Gasteiger partial charge is 0.370 e. The number of pyridine rings is 1. The van der Waals surface area contributed by atoms with Crippen LogP contribution >= 0.6 is 0 Å². The number of rotatable bonds is 4. The highest BCUT2D eigenvalue weighted by molar-refractivity contribution is 5.47. The quantitative estimate of drug-likeness (QED) is 0.832. The van der Waals surface area contributed by atoms with Crippen LogP contribution in [-0.2, 0) is 12.8 Å². The van der Waals surface area contributed by atoms with Crippen LogP contribution in [0.25, 0.3) is 0 Å². The summed E-state index contributed by atoms with van der Waals surface area (Å²) in [7, 11) is 2.06. The Labute approximate surface area is 103 Å². The average Bonchev–Trinajstić information content (AvgIpc) is 3.15. The maximum Gasteiger partial charge on any atom is 0.129 e. The van der Waals surface area contributed by atoms with Gasteiger partial charge in [-0.05, 0) is 56.7 Å². The number of anilines is 1. The van der Waals surface area contributed by atoms with Crippen LogP contribution in [0.5, 0.6) is 0 Å². The average molecular weight is 231 g/mol. The molecular formula is C14H21N3. The molecule has 0 bridgehead atoms. The third-order valence-electron chi connectivity index (χ3n) is 4.02. The van der Waals surface area contributed by atoms with Crippen molar-refractivity contribution in [2.45, 2.75) is 38.1 Å². The van der Waals surface area contributed by atoms with Crippen molar-refractivity contribution in [3.63, 3.8) is 0 Å². The predicted molar refractivity (Wildman–Crippen MR) is 70.3 cm³/mol. The summed E-state index contributed by atoms with van der Waals surface area (Å²) in [5.74, 6) is 2.01. The van der Waals surface area contributed by atoms with Crippen LogP contribution in [0.3, 0.4) is 0 Å². The van der Waals surface area contributed by atoms with Crippen molar-refractivity contribution in [3.8, 4) is 0 Å². The van der Waals surface area contributed by atoms with Gasteiger partial charge in [-0.2, -0.15) is 0 Å². The SMILES string of the molecule is CN[C@@H]1C[C@H]1CCc1ccc2c(n1)NCCC2. The van der Waals surface area contributed by atoms with Gasteiger partial charge in [0, 0.05) is 18.3 Å². The Balaban J connectivity index is 1.60. The smallest absolute Gasteiger partial charge is 0.129 e. The van der Waals surface area contributed by atoms with Gasteiger partial charge in [0.25, 0.3) is 0 Å². The van der Waals surface area contributed by atoms with E-state index in [4.69, 9.17) is 4.98 Å². The summed E-state index contributed by atoms with van der Waals surface area (Å²) >= 11 is 0. The molecule has 2 N–H and O–H groups in total. The molecular weight excluding hydrogens is 210 g/mol. The van der Waals surface area contributed by atoms with Gasteiger partial charge in [0.2, 0.25) is 0 Å². The van der Waals surface area contributed by atoms with E-state index in [-0.39, 0.29) is 0 Å². The Morgan fingerprint density at radius 2 is 2.41 bits per heavy atom. The van der Waals surface area contributed by atoms with Crippen molar-refractivity contribution >= 4 is 5.82 Å². The van der Waals surface area contributed by atoms with Crippen molar-refractivity contribution in [2.24, 2.45) is 5.92 Å². The van der Waals surface area contributed by atoms with Crippen molar-refractivity contribution < 1.29 is 0 Å². The summed E-state index contributed by atoms with van der Waals surface area (Å²) in [6.45, 7) is 1.08. The molecule has 3 rings (SSSR count). The summed E-state index contributed by atoms with van der Waals surface area (Å²) in [6.07, 6.45) is 6.16. The zero-order valence-corrected chi connectivity index (χ0v) is 10.5. The number of nitrogens with zero attached hydrogens (tertiary/aromatic N) is 1. The normalized spacial score (nSPS) is 26.2. The summed E-state index contributed by atoms with van der Waals surface area (Å²) in [4.78, 5) is 4.73. The number of nitrogens with one attached hydrogen (secondary N) is 2. The van der Waals surface area contributed by atoms with Crippen molar-refractivity contribution in [2.75, 3.05) is 18.9 Å². The van der Waals surface area contributed by atoms with E-state index in [0.29, 0.717) is 0 Å². The van der Waals surface area contributed by atoms with Crippen LogP contribution in [0.4, 0.5) is 5.82 Å². The molecule has 1 aromatic rings. The molecule has 0 amide bonds. The third-order valence-corrected chi connectivity index (χ3v) is 4.02. The molecule has 0 radical (unpaired) electrons. The summed E-state index contributed by atoms with van der Waals surface area (Å²) in [5.41, 5.74) is 2.64. The van der Waals surface area contributed by atoms with Gasteiger partial charge in [0.15, 0.2) is 0 Å². The highest BCUT2D eigenvalue weighted by Crippen LogP contribution is 2.34. The molecule has 92 valence electrons. The van der Waals surface area contributed by atoms with E-state index in [0.717, 1.165) is 30.7 Å². The first kappa shape index (κ1) is 11.0. The van der Waals surface area contributed by atoms with Gasteiger partial charge < -0.3 is 10.6 Å². The fourth-order valence-corrected chi connectivity index (χ4v) is 2.76. The van der Waals surface area contributed by atoms with Gasteiger partial charge in [-0.15, -0.1) is 0 Å². The molecule has 1 fully saturated rings. The van der Waals surface area contributed by atoms with E-state index < -0.39 is 0 Å². The maximum absolute atomic E-state index is 4.73. The lowest BCUT2D eigenvalue weighted by Crippen LogP contribution is -2.14. The second-order valence-electron chi connectivity index (χ2n) is 5.27. The van der Waals surface area contributed by atoms with E-state index >= 15 is 0 Å². The van der Waals surface area contributed by atoms with E-state index in [9.17, 15) is 0 Å². The van der Waals surface area contributed by atoms with Crippen LogP contribution in [0, 0.1) is 5.92 Å². The van der Waals surface area contributed by atoms with Gasteiger partial charge in [-0.1, -0.05) is 6.07 Å². The zero-order chi connectivity index (χ0) is 11.7. The van der Waals surface area contributed by atoms with Gasteiger partial charge >= 0.3 is 0 Å². The molecule has 3 heteroatoms. The van der Waals surface area contributed by atoms with Crippen molar-refractivity contribution in [1.82, 2.24) is 10.3 Å². The topological polar surface area (TPSA) is 37.0 Å². The van der Waals surface area contributed by atoms with E-state index in [1.165, 1.54) is 36.9 Å². The molecule has 2 aliphatic rings. The first-order valence-electron chi connectivity index (χ1n) is 6.77. The number of hydrogen-bond donors (Lipinski definition) is 2. The molecule has 0 unspecified atom stereocenters. The minimum atomic E-state index is 0.769. The standard InChI is InChI=1S/C14H21N3/c1-15-13-9-11(13)5-7-12-6-4-10-3-2-8-16-14(10)17-12/h4,6,11,13,15H,2-3,5,7-9H2,1H3,(H,16,17)/t11-,13-/m1/s1. The summed E-state index contributed by atoms with van der Waals surface area (Å²) < 4.78 is 0. The van der Waals surface area contributed by atoms with Crippen LogP contribution < -0.4 is 10.6 Å². The third kappa shape index (κ3) is 2.44. The molecule has 1 aliphatic heterocycles. The molecule has 1 saturated carbocycles. The van der Waals surface area contributed by atoms with Crippen LogP contribution in [0.2, 0.25) is 0 Å². The molecule has 2 heterocycles. The Kier molecular flexibility index (Phi) is 3.02. The Hall–Kier alpha value is -1.09. The lowest BCUT2D eigenvalue weighted by molar-refractivity contribution is 0.646. The molecule has 1 aromatic heterocycles. The van der Waals surface area contributed by atoms with Crippen LogP contribution in [0.15, 0.2) is 12.1 Å². The predicted octanol–water partition coefficient (Wildman–Crippen LogP) is 1.98. The fourth-order valence-electron chi connectivity index (χ4n) is 2.76. The van der Waals surface area contributed by atoms with E-state index in [1.807, 2.05) is 0 Å². The Morgan fingerprint density at radius 3 is 3.24 bits per heavy atom. The first-order chi connectivity index (χ1) is 8.36. The van der Waals surface area contributed by atoms with Crippen LogP contribution in [-0.4, -0.2) is 24.6 Å². The molecule has 17 heavy (non-hydrogen) atoms. The molecule has 3 nitrogen and oxygen atoms in total. The number of hydrogen-bond acceptors (Lipinski definition) is 3. The molecule has 0 spiro atoms. The number of fused-ring (bicyclic) bond motifs is 1. The minimum absolute atomic E-state index is 0.769. The second-order valence-corrected chi connectivity index (χ2v) is 5.27. The van der Waals surface area contributed by atoms with Gasteiger partial charge in [-0.25, -0.2) is 4.98 Å². The molecule has 2 atom stereocenters. The lowest BCUT2D eigenvalue weighted by Gasteiger charge is -2.17. The first-order valence-corrected chi connectivity index (χ1v) is 6.77. The highest BCUT2D eigenvalue weighted by Gasteiger charge is 2.34. The highest BCUT2D eigenvalue weighted by atomic mass is 15.0. The monoisotopic (exact) mass is 231 g/mol. The van der Waals surface area contributed by atoms with Crippen LogP contribution in [0.1, 0.15) is 30.5 Å². The summed E-state index contributed by atoms with van der Waals surface area (Å²) in [6, 6.07) is 5.24. The molecule has 0 aromatic carbocycles. The lowest BCUT2D eigenvalue weighted by atomic mass is 10.1. The molecule has 0 saturated heterocycles. The van der Waals surface area contributed by atoms with Crippen molar-refractivity contribution in [1.29, 1.82) is 0 Å². The molecule has 1 aliphatic carbocycles. The van der Waals surface area contributed by atoms with Gasteiger partial charge in [0.1, 0.15) is 5.82 Å². The van der Waals surface area contributed by atoms with Gasteiger partial charge in [0.05, 0.1) is 0 Å². The minimum Gasteiger partial charge on any atom is -0.370 e. The van der Waals surface area contributed by atoms with E-state index in [2.05, 4.69) is 29.8 Å². The maximum atomic E-state index is 4.73. The Morgan fingerprint density at radius 1 is 1.47 bits per heavy atom. The van der Waals surface area contributed by atoms with Crippen molar-refractivity contribution in [3.05, 3.63) is 23.4 Å². The summed E-state index contributed by atoms with van der Waals surface area (Å²) in [5, 5.41) is 6.75. The number of aromatic nitrogens is 1. The van der Waals surface area contributed by atoms with E-state index in [1.54, 1.807) is 0 Å². The Bertz CT molecular complexity index is 402. The second kappa shape index (κ2) is 4.65. The number of aryl methyl sites for hydroxylation is 2.